The first-order valence-electron chi connectivity index (χ1n) is 9.62. The maximum absolute atomic E-state index is 13.2. The van der Waals surface area contributed by atoms with Crippen molar-refractivity contribution < 1.29 is 9.18 Å². The van der Waals surface area contributed by atoms with Gasteiger partial charge in [0.15, 0.2) is 5.65 Å². The third-order valence-corrected chi connectivity index (χ3v) is 4.96. The normalized spacial score (nSPS) is 11.3. The van der Waals surface area contributed by atoms with Gasteiger partial charge in [0.2, 0.25) is 5.91 Å². The molecular weight excluding hydrogens is 399 g/mol. The summed E-state index contributed by atoms with van der Waals surface area (Å²) in [6.45, 7) is 0.175. The minimum atomic E-state index is -0.420. The molecule has 0 atom stereocenters. The second kappa shape index (κ2) is 7.52. The summed E-state index contributed by atoms with van der Waals surface area (Å²) < 4.78 is 17.3. The van der Waals surface area contributed by atoms with Crippen molar-refractivity contribution in [3.8, 4) is 11.3 Å². The number of benzene rings is 2. The Morgan fingerprint density at radius 2 is 1.77 bits per heavy atom. The molecule has 0 spiro atoms. The highest BCUT2D eigenvalue weighted by Crippen LogP contribution is 2.21. The summed E-state index contributed by atoms with van der Waals surface area (Å²) in [7, 11) is 0. The van der Waals surface area contributed by atoms with Crippen LogP contribution >= 0.6 is 0 Å². The van der Waals surface area contributed by atoms with Crippen molar-refractivity contribution in [1.29, 1.82) is 0 Å². The Morgan fingerprint density at radius 1 is 1.00 bits per heavy atom. The monoisotopic (exact) mass is 416 g/mol. The van der Waals surface area contributed by atoms with E-state index in [4.69, 9.17) is 0 Å². The van der Waals surface area contributed by atoms with Gasteiger partial charge in [-0.15, -0.1) is 5.10 Å². The van der Waals surface area contributed by atoms with Gasteiger partial charge in [-0.25, -0.2) is 22.8 Å². The Kier molecular flexibility index (Phi) is 4.55. The second-order valence-corrected chi connectivity index (χ2v) is 7.06. The summed E-state index contributed by atoms with van der Waals surface area (Å²) in [5.41, 5.74) is 2.89. The number of carbonyl (C=O) groups is 1. The summed E-state index contributed by atoms with van der Waals surface area (Å²) in [5, 5.41) is 11.6. The molecule has 8 nitrogen and oxygen atoms in total. The van der Waals surface area contributed by atoms with Gasteiger partial charge in [-0.2, -0.15) is 5.10 Å². The van der Waals surface area contributed by atoms with Gasteiger partial charge in [0.25, 0.3) is 0 Å². The van der Waals surface area contributed by atoms with Gasteiger partial charge in [0, 0.05) is 24.5 Å². The smallest absolute Gasteiger partial charge is 0.350 e. The van der Waals surface area contributed by atoms with Crippen LogP contribution < -0.4 is 11.0 Å². The van der Waals surface area contributed by atoms with E-state index in [2.05, 4.69) is 15.5 Å². The van der Waals surface area contributed by atoms with E-state index in [0.717, 1.165) is 15.8 Å². The molecule has 0 fully saturated rings. The van der Waals surface area contributed by atoms with Crippen LogP contribution in [0.2, 0.25) is 0 Å². The summed E-state index contributed by atoms with van der Waals surface area (Å²) in [6, 6.07) is 17.3. The molecule has 0 saturated heterocycles. The predicted molar refractivity (Wildman–Crippen MR) is 112 cm³/mol. The molecule has 0 aliphatic heterocycles. The largest absolute Gasteiger partial charge is 0.350 e. The highest BCUT2D eigenvalue weighted by Gasteiger charge is 2.15. The van der Waals surface area contributed by atoms with Gasteiger partial charge in [-0.05, 0) is 35.9 Å². The van der Waals surface area contributed by atoms with Crippen molar-refractivity contribution >= 4 is 17.1 Å². The van der Waals surface area contributed by atoms with Crippen LogP contribution in [0.4, 0.5) is 4.39 Å². The van der Waals surface area contributed by atoms with Gasteiger partial charge in [-0.3, -0.25) is 4.79 Å². The lowest BCUT2D eigenvalue weighted by Crippen LogP contribution is -2.32. The molecule has 31 heavy (non-hydrogen) atoms. The number of aromatic nitrogens is 5. The number of hydrogen-bond donors (Lipinski definition) is 1. The average molecular weight is 416 g/mol. The second-order valence-electron chi connectivity index (χ2n) is 7.06. The quantitative estimate of drug-likeness (QED) is 0.476. The number of carbonyl (C=O) groups excluding carboxylic acids is 1. The van der Waals surface area contributed by atoms with Crippen LogP contribution in [-0.4, -0.2) is 29.7 Å². The zero-order valence-electron chi connectivity index (χ0n) is 16.3. The Balaban J connectivity index is 1.44. The SMILES string of the molecule is O=C(Cn1nc2c3cc(-c4ccc(F)cc4)nn3ccn2c1=O)NCc1ccccc1. The average Bonchev–Trinajstić information content (AvgIpc) is 3.35. The van der Waals surface area contributed by atoms with E-state index in [1.807, 2.05) is 30.3 Å². The number of hydrogen-bond acceptors (Lipinski definition) is 4. The van der Waals surface area contributed by atoms with Crippen LogP contribution in [0.1, 0.15) is 5.56 Å². The van der Waals surface area contributed by atoms with Crippen molar-refractivity contribution in [2.75, 3.05) is 0 Å². The first-order valence-corrected chi connectivity index (χ1v) is 9.62. The van der Waals surface area contributed by atoms with Crippen molar-refractivity contribution in [3.63, 3.8) is 0 Å². The number of nitrogens with zero attached hydrogens (tertiary/aromatic N) is 5. The predicted octanol–water partition coefficient (Wildman–Crippen LogP) is 2.27. The van der Waals surface area contributed by atoms with Crippen molar-refractivity contribution in [2.24, 2.45) is 0 Å². The van der Waals surface area contributed by atoms with E-state index < -0.39 is 5.69 Å². The topological polar surface area (TPSA) is 85.7 Å². The number of nitrogens with one attached hydrogen (secondary N) is 1. The van der Waals surface area contributed by atoms with Gasteiger partial charge in [-0.1, -0.05) is 30.3 Å². The minimum Gasteiger partial charge on any atom is -0.350 e. The lowest BCUT2D eigenvalue weighted by atomic mass is 10.1. The number of amides is 1. The van der Waals surface area contributed by atoms with E-state index in [1.165, 1.54) is 16.5 Å². The van der Waals surface area contributed by atoms with Crippen LogP contribution in [0.3, 0.4) is 0 Å². The first-order chi connectivity index (χ1) is 15.1. The summed E-state index contributed by atoms with van der Waals surface area (Å²) in [4.78, 5) is 25.0. The molecule has 0 bridgehead atoms. The zero-order valence-corrected chi connectivity index (χ0v) is 16.3. The van der Waals surface area contributed by atoms with Crippen molar-refractivity contribution in [1.82, 2.24) is 29.1 Å². The maximum atomic E-state index is 13.2. The van der Waals surface area contributed by atoms with E-state index in [1.54, 1.807) is 35.1 Å². The molecule has 0 aliphatic rings. The standard InChI is InChI=1S/C22H17FN6O2/c23-17-8-6-16(7-9-17)18-12-19-21-26-29(22(31)27(21)10-11-28(19)25-18)14-20(30)24-13-15-4-2-1-3-5-15/h1-12H,13-14H2,(H,24,30). The third-order valence-electron chi connectivity index (χ3n) is 4.96. The highest BCUT2D eigenvalue weighted by molar-refractivity contribution is 5.77. The molecule has 1 amide bonds. The molecule has 0 unspecified atom stereocenters. The van der Waals surface area contributed by atoms with Crippen LogP contribution in [0.25, 0.3) is 22.4 Å². The Labute approximate surface area is 175 Å². The molecular formula is C22H17FN6O2. The zero-order chi connectivity index (χ0) is 21.4. The Hall–Kier alpha value is -4.27. The van der Waals surface area contributed by atoms with Crippen molar-refractivity contribution in [2.45, 2.75) is 13.1 Å². The summed E-state index contributed by atoms with van der Waals surface area (Å²) in [5.74, 6) is -0.642. The molecule has 5 rings (SSSR count). The Morgan fingerprint density at radius 3 is 2.55 bits per heavy atom. The van der Waals surface area contributed by atoms with Gasteiger partial charge in [0.1, 0.15) is 17.9 Å². The fraction of sp³-hybridized carbons (Fsp3) is 0.0909. The van der Waals surface area contributed by atoms with Crippen molar-refractivity contribution in [3.05, 3.63) is 94.9 Å². The molecule has 0 aliphatic carbocycles. The summed E-state index contributed by atoms with van der Waals surface area (Å²) in [6.07, 6.45) is 3.19. The molecule has 1 N–H and O–H groups in total. The lowest BCUT2D eigenvalue weighted by molar-refractivity contribution is -0.122. The van der Waals surface area contributed by atoms with Gasteiger partial charge < -0.3 is 5.32 Å². The molecule has 154 valence electrons. The van der Waals surface area contributed by atoms with Crippen LogP contribution in [0.5, 0.6) is 0 Å². The fourth-order valence-electron chi connectivity index (χ4n) is 3.39. The number of rotatable bonds is 5. The van der Waals surface area contributed by atoms with Crippen LogP contribution in [-0.2, 0) is 17.9 Å². The molecule has 0 saturated carbocycles. The van der Waals surface area contributed by atoms with Crippen LogP contribution in [0.15, 0.2) is 77.9 Å². The first kappa shape index (κ1) is 18.7. The highest BCUT2D eigenvalue weighted by atomic mass is 19.1. The number of fused-ring (bicyclic) bond motifs is 3. The molecule has 2 aromatic carbocycles. The molecule has 0 radical (unpaired) electrons. The molecule has 5 aromatic rings. The van der Waals surface area contributed by atoms with Gasteiger partial charge >= 0.3 is 5.69 Å². The van der Waals surface area contributed by atoms with E-state index in [-0.39, 0.29) is 18.3 Å². The van der Waals surface area contributed by atoms with Crippen LogP contribution in [0, 0.1) is 5.82 Å². The lowest BCUT2D eigenvalue weighted by Gasteiger charge is -2.04. The Bertz CT molecular complexity index is 1450. The maximum Gasteiger partial charge on any atom is 0.350 e. The van der Waals surface area contributed by atoms with E-state index >= 15 is 0 Å². The summed E-state index contributed by atoms with van der Waals surface area (Å²) >= 11 is 0. The third kappa shape index (κ3) is 3.57. The molecule has 9 heteroatoms. The molecule has 3 heterocycles. The fourth-order valence-corrected chi connectivity index (χ4v) is 3.39. The van der Waals surface area contributed by atoms with E-state index in [9.17, 15) is 14.0 Å². The van der Waals surface area contributed by atoms with Gasteiger partial charge in [0.05, 0.1) is 5.69 Å². The molecule has 3 aromatic heterocycles. The van der Waals surface area contributed by atoms with E-state index in [0.29, 0.717) is 23.4 Å². The number of halogens is 1. The minimum absolute atomic E-state index is 0.196.